The Bertz CT molecular complexity index is 1720. The van der Waals surface area contributed by atoms with Crippen molar-refractivity contribution < 1.29 is 0 Å². The Hall–Kier alpha value is -4.10. The molecular formula is C39H39N. The first-order valence-electron chi connectivity index (χ1n) is 14.4. The van der Waals surface area contributed by atoms with E-state index >= 15 is 0 Å². The molecule has 0 fully saturated rings. The van der Waals surface area contributed by atoms with Crippen molar-refractivity contribution in [2.45, 2.75) is 59.4 Å². The van der Waals surface area contributed by atoms with Gasteiger partial charge >= 0.3 is 0 Å². The Morgan fingerprint density at radius 1 is 0.525 bits per heavy atom. The second-order valence-electron chi connectivity index (χ2n) is 12.8. The fraction of sp³-hybridized carbons (Fsp3) is 0.231. The number of anilines is 2. The van der Waals surface area contributed by atoms with Crippen LogP contribution in [0.5, 0.6) is 0 Å². The van der Waals surface area contributed by atoms with Crippen LogP contribution in [-0.4, -0.2) is 5.54 Å². The van der Waals surface area contributed by atoms with Gasteiger partial charge in [0.15, 0.2) is 0 Å². The van der Waals surface area contributed by atoms with Gasteiger partial charge in [-0.2, -0.15) is 0 Å². The van der Waals surface area contributed by atoms with E-state index in [0.29, 0.717) is 0 Å². The fourth-order valence-electron chi connectivity index (χ4n) is 6.53. The van der Waals surface area contributed by atoms with Crippen molar-refractivity contribution in [3.63, 3.8) is 0 Å². The number of hydrogen-bond donors (Lipinski definition) is 0. The van der Waals surface area contributed by atoms with Crippen LogP contribution in [0.3, 0.4) is 0 Å². The Morgan fingerprint density at radius 3 is 1.98 bits per heavy atom. The SMILES string of the molecule is Cc1cc2c(cc1-c1cccc(N(c3cc(-c4ccccc4)ccc3C)C(C)(C)C)c1)-c1ccccc1C2(C)C. The first kappa shape index (κ1) is 26.1. The summed E-state index contributed by atoms with van der Waals surface area (Å²) >= 11 is 0. The van der Waals surface area contributed by atoms with Gasteiger partial charge in [0.1, 0.15) is 0 Å². The van der Waals surface area contributed by atoms with E-state index in [4.69, 9.17) is 0 Å². The van der Waals surface area contributed by atoms with Crippen LogP contribution in [0, 0.1) is 13.8 Å². The summed E-state index contributed by atoms with van der Waals surface area (Å²) in [6.45, 7) is 16.1. The summed E-state index contributed by atoms with van der Waals surface area (Å²) in [6, 6.07) is 40.4. The molecule has 40 heavy (non-hydrogen) atoms. The van der Waals surface area contributed by atoms with Crippen molar-refractivity contribution in [3.8, 4) is 33.4 Å². The number of nitrogens with zero attached hydrogens (tertiary/aromatic N) is 1. The normalized spacial score (nSPS) is 13.6. The minimum atomic E-state index is -0.116. The maximum Gasteiger partial charge on any atom is 0.0451 e. The molecule has 0 aromatic heterocycles. The van der Waals surface area contributed by atoms with Gasteiger partial charge in [0.05, 0.1) is 0 Å². The Balaban J connectivity index is 1.48. The Labute approximate surface area is 240 Å². The maximum atomic E-state index is 2.50. The molecule has 0 atom stereocenters. The predicted molar refractivity (Wildman–Crippen MR) is 173 cm³/mol. The number of hydrogen-bond acceptors (Lipinski definition) is 1. The standard InChI is InChI=1S/C39H39N/c1-26-20-21-29(28-14-9-8-10-15-28)24-37(26)40(38(3,4)5)31-17-13-16-30(23-31)33-25-34-32-18-11-12-19-35(32)39(6,7)36(34)22-27(33)2/h8-25H,1-7H3. The van der Waals surface area contributed by atoms with Crippen LogP contribution in [0.1, 0.15) is 56.9 Å². The minimum Gasteiger partial charge on any atom is -0.336 e. The molecule has 0 amide bonds. The van der Waals surface area contributed by atoms with Crippen LogP contribution in [0.15, 0.2) is 109 Å². The van der Waals surface area contributed by atoms with Crippen LogP contribution >= 0.6 is 0 Å². The molecule has 1 aliphatic carbocycles. The lowest BCUT2D eigenvalue weighted by molar-refractivity contribution is 0.559. The van der Waals surface area contributed by atoms with Gasteiger partial charge in [0, 0.05) is 22.3 Å². The highest BCUT2D eigenvalue weighted by Crippen LogP contribution is 2.50. The Kier molecular flexibility index (Phi) is 6.22. The smallest absolute Gasteiger partial charge is 0.0451 e. The molecule has 200 valence electrons. The summed E-state index contributed by atoms with van der Waals surface area (Å²) in [6.07, 6.45) is 0. The zero-order chi connectivity index (χ0) is 28.2. The van der Waals surface area contributed by atoms with E-state index in [1.165, 1.54) is 67.0 Å². The number of benzene rings is 5. The molecule has 1 aliphatic rings. The predicted octanol–water partition coefficient (Wildman–Crippen LogP) is 10.9. The second kappa shape index (κ2) is 9.52. The fourth-order valence-corrected chi connectivity index (χ4v) is 6.53. The Morgan fingerprint density at radius 2 is 1.23 bits per heavy atom. The maximum absolute atomic E-state index is 2.50. The summed E-state index contributed by atoms with van der Waals surface area (Å²) in [4.78, 5) is 2.50. The van der Waals surface area contributed by atoms with Crippen molar-refractivity contribution in [1.82, 2.24) is 0 Å². The van der Waals surface area contributed by atoms with Crippen LogP contribution in [0.4, 0.5) is 11.4 Å². The molecule has 0 radical (unpaired) electrons. The molecule has 0 N–H and O–H groups in total. The molecule has 5 aromatic rings. The van der Waals surface area contributed by atoms with E-state index in [2.05, 4.69) is 163 Å². The molecule has 1 nitrogen and oxygen atoms in total. The van der Waals surface area contributed by atoms with E-state index in [1.54, 1.807) is 0 Å². The van der Waals surface area contributed by atoms with Gasteiger partial charge in [-0.15, -0.1) is 0 Å². The third-order valence-electron chi connectivity index (χ3n) is 8.57. The first-order chi connectivity index (χ1) is 19.1. The zero-order valence-electron chi connectivity index (χ0n) is 24.8. The third kappa shape index (κ3) is 4.34. The van der Waals surface area contributed by atoms with Crippen molar-refractivity contribution in [2.24, 2.45) is 0 Å². The lowest BCUT2D eigenvalue weighted by Gasteiger charge is -2.39. The molecule has 5 aromatic carbocycles. The summed E-state index contributed by atoms with van der Waals surface area (Å²) < 4.78 is 0. The van der Waals surface area contributed by atoms with Gasteiger partial charge in [0.2, 0.25) is 0 Å². The van der Waals surface area contributed by atoms with Gasteiger partial charge in [0.25, 0.3) is 0 Å². The summed E-state index contributed by atoms with van der Waals surface area (Å²) in [5.41, 5.74) is 15.6. The van der Waals surface area contributed by atoms with Crippen LogP contribution in [0.25, 0.3) is 33.4 Å². The van der Waals surface area contributed by atoms with Crippen molar-refractivity contribution >= 4 is 11.4 Å². The van der Waals surface area contributed by atoms with E-state index in [9.17, 15) is 0 Å². The van der Waals surface area contributed by atoms with Crippen LogP contribution < -0.4 is 4.90 Å². The van der Waals surface area contributed by atoms with E-state index < -0.39 is 0 Å². The average Bonchev–Trinajstić information content (AvgIpc) is 3.15. The van der Waals surface area contributed by atoms with Crippen LogP contribution in [-0.2, 0) is 5.41 Å². The second-order valence-corrected chi connectivity index (χ2v) is 12.8. The summed E-state index contributed by atoms with van der Waals surface area (Å²) in [5, 5.41) is 0. The van der Waals surface area contributed by atoms with Crippen LogP contribution in [0.2, 0.25) is 0 Å². The summed E-state index contributed by atoms with van der Waals surface area (Å²) in [7, 11) is 0. The van der Waals surface area contributed by atoms with Gasteiger partial charge in [-0.05, 0) is 115 Å². The summed E-state index contributed by atoms with van der Waals surface area (Å²) in [5.74, 6) is 0. The van der Waals surface area contributed by atoms with E-state index in [-0.39, 0.29) is 11.0 Å². The lowest BCUT2D eigenvalue weighted by atomic mass is 9.81. The average molecular weight is 522 g/mol. The highest BCUT2D eigenvalue weighted by atomic mass is 15.2. The topological polar surface area (TPSA) is 3.24 Å². The molecule has 6 rings (SSSR count). The largest absolute Gasteiger partial charge is 0.336 e. The minimum absolute atomic E-state index is 0.0153. The quantitative estimate of drug-likeness (QED) is 0.227. The molecule has 0 spiro atoms. The van der Waals surface area contributed by atoms with Gasteiger partial charge in [-0.1, -0.05) is 98.8 Å². The van der Waals surface area contributed by atoms with Crippen molar-refractivity contribution in [1.29, 1.82) is 0 Å². The number of rotatable bonds is 4. The lowest BCUT2D eigenvalue weighted by Crippen LogP contribution is -2.38. The van der Waals surface area contributed by atoms with E-state index in [1.807, 2.05) is 0 Å². The molecule has 0 heterocycles. The monoisotopic (exact) mass is 521 g/mol. The molecule has 0 saturated carbocycles. The molecule has 0 aliphatic heterocycles. The molecule has 0 unspecified atom stereocenters. The first-order valence-corrected chi connectivity index (χ1v) is 14.4. The highest BCUT2D eigenvalue weighted by Gasteiger charge is 2.35. The molecular weight excluding hydrogens is 482 g/mol. The third-order valence-corrected chi connectivity index (χ3v) is 8.57. The molecule has 1 heteroatoms. The molecule has 0 saturated heterocycles. The van der Waals surface area contributed by atoms with Gasteiger partial charge < -0.3 is 4.90 Å². The molecule has 0 bridgehead atoms. The van der Waals surface area contributed by atoms with Crippen molar-refractivity contribution in [3.05, 3.63) is 131 Å². The van der Waals surface area contributed by atoms with E-state index in [0.717, 1.165) is 0 Å². The highest BCUT2D eigenvalue weighted by molar-refractivity contribution is 5.87. The number of aryl methyl sites for hydroxylation is 2. The zero-order valence-corrected chi connectivity index (χ0v) is 24.8. The van der Waals surface area contributed by atoms with Gasteiger partial charge in [-0.3, -0.25) is 0 Å². The van der Waals surface area contributed by atoms with Crippen molar-refractivity contribution in [2.75, 3.05) is 4.90 Å². The number of fused-ring (bicyclic) bond motifs is 3. The van der Waals surface area contributed by atoms with Gasteiger partial charge in [-0.25, -0.2) is 0 Å².